The van der Waals surface area contributed by atoms with Crippen LogP contribution in [0.2, 0.25) is 0 Å². The molecule has 4 N–H and O–H groups in total. The topological polar surface area (TPSA) is 127 Å². The van der Waals surface area contributed by atoms with Gasteiger partial charge in [-0.2, -0.15) is 5.10 Å². The van der Waals surface area contributed by atoms with Crippen LogP contribution in [0.25, 0.3) is 0 Å². The van der Waals surface area contributed by atoms with Gasteiger partial charge in [0.25, 0.3) is 5.91 Å². The van der Waals surface area contributed by atoms with E-state index in [0.717, 1.165) is 5.69 Å². The number of nitrogens with zero attached hydrogens (tertiary/aromatic N) is 2. The number of aryl methyl sites for hydroxylation is 2. The van der Waals surface area contributed by atoms with Gasteiger partial charge in [-0.3, -0.25) is 14.3 Å². The highest BCUT2D eigenvalue weighted by Gasteiger charge is 2.23. The van der Waals surface area contributed by atoms with Crippen molar-refractivity contribution < 1.29 is 19.5 Å². The number of primary amides is 1. The minimum atomic E-state index is -1.21. The van der Waals surface area contributed by atoms with Crippen molar-refractivity contribution in [2.24, 2.45) is 5.73 Å². The molecule has 0 spiro atoms. The fourth-order valence-corrected chi connectivity index (χ4v) is 1.84. The maximum absolute atomic E-state index is 12.2. The second-order valence-corrected chi connectivity index (χ2v) is 4.56. The number of amides is 2. The first-order chi connectivity index (χ1) is 9.88. The van der Waals surface area contributed by atoms with Crippen molar-refractivity contribution in [2.75, 3.05) is 0 Å². The lowest BCUT2D eigenvalue weighted by molar-refractivity contribution is -0.139. The molecule has 0 saturated carbocycles. The van der Waals surface area contributed by atoms with Crippen molar-refractivity contribution in [3.05, 3.63) is 17.5 Å². The molecule has 8 heteroatoms. The summed E-state index contributed by atoms with van der Waals surface area (Å²) in [5.74, 6) is -2.34. The van der Waals surface area contributed by atoms with Gasteiger partial charge in [0.2, 0.25) is 5.91 Å². The van der Waals surface area contributed by atoms with Crippen molar-refractivity contribution in [1.82, 2.24) is 15.1 Å². The van der Waals surface area contributed by atoms with Gasteiger partial charge in [0.1, 0.15) is 11.7 Å². The summed E-state index contributed by atoms with van der Waals surface area (Å²) in [6, 6.07) is 0.474. The average molecular weight is 296 g/mol. The number of nitrogens with one attached hydrogen (secondary N) is 1. The lowest BCUT2D eigenvalue weighted by Gasteiger charge is -2.14. The van der Waals surface area contributed by atoms with E-state index in [0.29, 0.717) is 18.7 Å². The molecule has 0 saturated heterocycles. The van der Waals surface area contributed by atoms with Crippen LogP contribution in [0.15, 0.2) is 6.07 Å². The number of aliphatic carboxylic acids is 1. The van der Waals surface area contributed by atoms with Gasteiger partial charge in [-0.1, -0.05) is 6.92 Å². The Morgan fingerprint density at radius 3 is 2.57 bits per heavy atom. The van der Waals surface area contributed by atoms with Gasteiger partial charge in [0, 0.05) is 13.0 Å². The molecule has 1 aromatic rings. The third kappa shape index (κ3) is 4.59. The standard InChI is InChI=1S/C13H20N4O4/c1-3-8-7-10(17(4-2)16-8)12(19)15-9(13(20)21)5-6-11(14)18/h7,9H,3-6H2,1-2H3,(H2,14,18)(H,15,19)(H,20,21)/t9-/m1/s1. The largest absolute Gasteiger partial charge is 0.480 e. The molecule has 116 valence electrons. The molecule has 0 aliphatic carbocycles. The van der Waals surface area contributed by atoms with Crippen LogP contribution in [-0.2, 0) is 22.6 Å². The zero-order chi connectivity index (χ0) is 16.0. The van der Waals surface area contributed by atoms with Crippen LogP contribution in [0.5, 0.6) is 0 Å². The van der Waals surface area contributed by atoms with Crippen LogP contribution < -0.4 is 11.1 Å². The Kier molecular flexibility index (Phi) is 5.89. The van der Waals surface area contributed by atoms with E-state index in [-0.39, 0.29) is 12.8 Å². The van der Waals surface area contributed by atoms with Crippen molar-refractivity contribution >= 4 is 17.8 Å². The van der Waals surface area contributed by atoms with Gasteiger partial charge in [-0.25, -0.2) is 4.79 Å². The molecule has 1 heterocycles. The Morgan fingerprint density at radius 2 is 2.10 bits per heavy atom. The molecule has 0 unspecified atom stereocenters. The Morgan fingerprint density at radius 1 is 1.43 bits per heavy atom. The van der Waals surface area contributed by atoms with Crippen molar-refractivity contribution in [3.63, 3.8) is 0 Å². The van der Waals surface area contributed by atoms with E-state index in [1.807, 2.05) is 13.8 Å². The molecule has 2 amide bonds. The summed E-state index contributed by atoms with van der Waals surface area (Å²) in [7, 11) is 0. The Balaban J connectivity index is 2.83. The number of carboxylic acid groups (broad SMARTS) is 1. The molecule has 1 aromatic heterocycles. The number of carbonyl (C=O) groups is 3. The van der Waals surface area contributed by atoms with E-state index in [4.69, 9.17) is 10.8 Å². The van der Waals surface area contributed by atoms with Crippen LogP contribution in [-0.4, -0.2) is 38.7 Å². The van der Waals surface area contributed by atoms with Crippen LogP contribution in [0, 0.1) is 0 Å². The molecular weight excluding hydrogens is 276 g/mol. The van der Waals surface area contributed by atoms with Gasteiger partial charge < -0.3 is 16.2 Å². The summed E-state index contributed by atoms with van der Waals surface area (Å²) < 4.78 is 1.52. The van der Waals surface area contributed by atoms with E-state index in [1.165, 1.54) is 4.68 Å². The number of nitrogens with two attached hydrogens (primary N) is 1. The molecule has 0 aliphatic rings. The van der Waals surface area contributed by atoms with Crippen molar-refractivity contribution in [3.8, 4) is 0 Å². The minimum Gasteiger partial charge on any atom is -0.480 e. The summed E-state index contributed by atoms with van der Waals surface area (Å²) in [6.45, 7) is 4.25. The fraction of sp³-hybridized carbons (Fsp3) is 0.538. The molecule has 1 rings (SSSR count). The highest BCUT2D eigenvalue weighted by Crippen LogP contribution is 2.07. The Labute approximate surface area is 122 Å². The number of carboxylic acids is 1. The summed E-state index contributed by atoms with van der Waals surface area (Å²) in [6.07, 6.45) is 0.527. The number of aromatic nitrogens is 2. The van der Waals surface area contributed by atoms with Gasteiger partial charge in [0.15, 0.2) is 0 Å². The Bertz CT molecular complexity index is 538. The monoisotopic (exact) mass is 296 g/mol. The first-order valence-electron chi connectivity index (χ1n) is 6.77. The predicted octanol–water partition coefficient (Wildman–Crippen LogP) is -0.0861. The van der Waals surface area contributed by atoms with Crippen LogP contribution >= 0.6 is 0 Å². The second kappa shape index (κ2) is 7.41. The molecule has 0 radical (unpaired) electrons. The highest BCUT2D eigenvalue weighted by molar-refractivity contribution is 5.95. The molecule has 0 fully saturated rings. The number of hydrogen-bond acceptors (Lipinski definition) is 4. The smallest absolute Gasteiger partial charge is 0.326 e. The zero-order valence-corrected chi connectivity index (χ0v) is 12.1. The predicted molar refractivity (Wildman–Crippen MR) is 74.6 cm³/mol. The number of rotatable bonds is 8. The van der Waals surface area contributed by atoms with Crippen LogP contribution in [0.1, 0.15) is 42.9 Å². The van der Waals surface area contributed by atoms with Crippen molar-refractivity contribution in [1.29, 1.82) is 0 Å². The number of hydrogen-bond donors (Lipinski definition) is 3. The molecule has 0 aliphatic heterocycles. The van der Waals surface area contributed by atoms with E-state index in [2.05, 4.69) is 10.4 Å². The summed E-state index contributed by atoms with van der Waals surface area (Å²) >= 11 is 0. The summed E-state index contributed by atoms with van der Waals surface area (Å²) in [4.78, 5) is 34.0. The Hall–Kier alpha value is -2.38. The number of carbonyl (C=O) groups excluding carboxylic acids is 2. The van der Waals surface area contributed by atoms with Gasteiger partial charge in [-0.15, -0.1) is 0 Å². The van der Waals surface area contributed by atoms with E-state index in [1.54, 1.807) is 6.07 Å². The summed E-state index contributed by atoms with van der Waals surface area (Å²) in [5, 5.41) is 15.7. The molecular formula is C13H20N4O4. The zero-order valence-electron chi connectivity index (χ0n) is 12.1. The maximum Gasteiger partial charge on any atom is 0.326 e. The lowest BCUT2D eigenvalue weighted by Crippen LogP contribution is -2.42. The van der Waals surface area contributed by atoms with Gasteiger partial charge >= 0.3 is 5.97 Å². The minimum absolute atomic E-state index is 0.0443. The highest BCUT2D eigenvalue weighted by atomic mass is 16.4. The fourth-order valence-electron chi connectivity index (χ4n) is 1.84. The van der Waals surface area contributed by atoms with Gasteiger partial charge in [0.05, 0.1) is 5.69 Å². The SMILES string of the molecule is CCc1cc(C(=O)N[C@H](CCC(N)=O)C(=O)O)n(CC)n1. The van der Waals surface area contributed by atoms with Gasteiger partial charge in [-0.05, 0) is 25.8 Å². The quantitative estimate of drug-likeness (QED) is 0.618. The molecule has 1 atom stereocenters. The average Bonchev–Trinajstić information content (AvgIpc) is 2.86. The lowest BCUT2D eigenvalue weighted by atomic mass is 10.1. The molecule has 8 nitrogen and oxygen atoms in total. The third-order valence-corrected chi connectivity index (χ3v) is 3.01. The maximum atomic E-state index is 12.2. The van der Waals surface area contributed by atoms with Crippen molar-refractivity contribution in [2.45, 2.75) is 45.7 Å². The first kappa shape index (κ1) is 16.7. The van der Waals surface area contributed by atoms with Crippen LogP contribution in [0.3, 0.4) is 0 Å². The third-order valence-electron chi connectivity index (χ3n) is 3.01. The van der Waals surface area contributed by atoms with E-state index >= 15 is 0 Å². The first-order valence-corrected chi connectivity index (χ1v) is 6.77. The molecule has 21 heavy (non-hydrogen) atoms. The summed E-state index contributed by atoms with van der Waals surface area (Å²) in [5.41, 5.74) is 6.05. The normalized spacial score (nSPS) is 11.9. The van der Waals surface area contributed by atoms with E-state index in [9.17, 15) is 14.4 Å². The van der Waals surface area contributed by atoms with Crippen LogP contribution in [0.4, 0.5) is 0 Å². The molecule has 0 aromatic carbocycles. The van der Waals surface area contributed by atoms with E-state index < -0.39 is 23.8 Å². The molecule has 0 bridgehead atoms. The second-order valence-electron chi connectivity index (χ2n) is 4.56.